The predicted octanol–water partition coefficient (Wildman–Crippen LogP) is 2.53. The fourth-order valence-corrected chi connectivity index (χ4v) is 3.18. The van der Waals surface area contributed by atoms with Crippen LogP contribution >= 0.6 is 0 Å². The highest BCUT2D eigenvalue weighted by Gasteiger charge is 2.46. The number of benzene rings is 1. The van der Waals surface area contributed by atoms with Crippen molar-refractivity contribution in [3.63, 3.8) is 0 Å². The van der Waals surface area contributed by atoms with Crippen LogP contribution in [0.1, 0.15) is 44.3 Å². The zero-order valence-corrected chi connectivity index (χ0v) is 14.4. The molecule has 1 aliphatic rings. The van der Waals surface area contributed by atoms with Crippen LogP contribution in [-0.4, -0.2) is 37.2 Å². The standard InChI is InChI=1S/C18H25NO5/c1-12(16(24-3)13-5-7-14(23-2)8-6-13)19-15(20)11-18(17(21)22)9-4-10-18/h5-8,12,16H,4,9-11H2,1-3H3,(H,19,20)(H,21,22). The molecule has 1 fully saturated rings. The molecule has 0 saturated heterocycles. The Hall–Kier alpha value is -2.08. The number of nitrogens with one attached hydrogen (secondary N) is 1. The minimum atomic E-state index is -0.882. The molecular formula is C18H25NO5. The molecule has 0 aliphatic heterocycles. The second-order valence-corrected chi connectivity index (χ2v) is 6.40. The average Bonchev–Trinajstić information content (AvgIpc) is 2.52. The maximum atomic E-state index is 12.3. The number of hydrogen-bond donors (Lipinski definition) is 2. The number of amides is 1. The molecule has 1 saturated carbocycles. The van der Waals surface area contributed by atoms with Gasteiger partial charge < -0.3 is 19.9 Å². The topological polar surface area (TPSA) is 84.9 Å². The number of ether oxygens (including phenoxy) is 2. The van der Waals surface area contributed by atoms with E-state index in [2.05, 4.69) is 5.32 Å². The van der Waals surface area contributed by atoms with Crippen molar-refractivity contribution in [2.45, 2.75) is 44.8 Å². The average molecular weight is 335 g/mol. The first-order valence-corrected chi connectivity index (χ1v) is 8.11. The van der Waals surface area contributed by atoms with Gasteiger partial charge in [0.1, 0.15) is 11.9 Å². The van der Waals surface area contributed by atoms with Gasteiger partial charge in [0, 0.05) is 13.5 Å². The summed E-state index contributed by atoms with van der Waals surface area (Å²) in [5.41, 5.74) is 0.0367. The van der Waals surface area contributed by atoms with Crippen LogP contribution < -0.4 is 10.1 Å². The first kappa shape index (κ1) is 18.3. The summed E-state index contributed by atoms with van der Waals surface area (Å²) in [5, 5.41) is 12.2. The Morgan fingerprint density at radius 3 is 2.29 bits per heavy atom. The first-order valence-electron chi connectivity index (χ1n) is 8.11. The van der Waals surface area contributed by atoms with Gasteiger partial charge in [-0.2, -0.15) is 0 Å². The van der Waals surface area contributed by atoms with Crippen LogP contribution in [0, 0.1) is 5.41 Å². The van der Waals surface area contributed by atoms with Crippen LogP contribution in [0.15, 0.2) is 24.3 Å². The summed E-state index contributed by atoms with van der Waals surface area (Å²) in [4.78, 5) is 23.6. The van der Waals surface area contributed by atoms with E-state index in [4.69, 9.17) is 9.47 Å². The van der Waals surface area contributed by atoms with Crippen molar-refractivity contribution < 1.29 is 24.2 Å². The van der Waals surface area contributed by atoms with E-state index in [0.717, 1.165) is 17.7 Å². The fourth-order valence-electron chi connectivity index (χ4n) is 3.18. The lowest BCUT2D eigenvalue weighted by atomic mass is 9.66. The highest BCUT2D eigenvalue weighted by atomic mass is 16.5. The molecule has 24 heavy (non-hydrogen) atoms. The van der Waals surface area contributed by atoms with Gasteiger partial charge in [-0.05, 0) is 37.5 Å². The lowest BCUT2D eigenvalue weighted by Crippen LogP contribution is -2.45. The predicted molar refractivity (Wildman–Crippen MR) is 88.9 cm³/mol. The second kappa shape index (κ2) is 7.66. The summed E-state index contributed by atoms with van der Waals surface area (Å²) >= 11 is 0. The van der Waals surface area contributed by atoms with E-state index in [1.807, 2.05) is 31.2 Å². The van der Waals surface area contributed by atoms with Crippen molar-refractivity contribution in [1.29, 1.82) is 0 Å². The largest absolute Gasteiger partial charge is 0.497 e. The summed E-state index contributed by atoms with van der Waals surface area (Å²) in [7, 11) is 3.19. The molecule has 2 N–H and O–H groups in total. The number of hydrogen-bond acceptors (Lipinski definition) is 4. The van der Waals surface area contributed by atoms with Gasteiger partial charge in [0.2, 0.25) is 5.91 Å². The highest BCUT2D eigenvalue weighted by Crippen LogP contribution is 2.44. The van der Waals surface area contributed by atoms with Gasteiger partial charge in [-0.1, -0.05) is 18.6 Å². The third kappa shape index (κ3) is 3.87. The molecule has 1 aromatic rings. The van der Waals surface area contributed by atoms with Crippen molar-refractivity contribution >= 4 is 11.9 Å². The smallest absolute Gasteiger partial charge is 0.310 e. The molecule has 0 radical (unpaired) electrons. The number of rotatable bonds is 8. The van der Waals surface area contributed by atoms with Crippen LogP contribution in [0.4, 0.5) is 0 Å². The fraction of sp³-hybridized carbons (Fsp3) is 0.556. The maximum Gasteiger partial charge on any atom is 0.310 e. The molecule has 1 aromatic carbocycles. The second-order valence-electron chi connectivity index (χ2n) is 6.40. The zero-order chi connectivity index (χ0) is 17.7. The van der Waals surface area contributed by atoms with Gasteiger partial charge in [-0.25, -0.2) is 0 Å². The molecule has 0 aromatic heterocycles. The number of carbonyl (C=O) groups excluding carboxylic acids is 1. The number of carboxylic acid groups (broad SMARTS) is 1. The molecule has 6 nitrogen and oxygen atoms in total. The van der Waals surface area contributed by atoms with Crippen LogP contribution in [0.25, 0.3) is 0 Å². The molecule has 0 bridgehead atoms. The third-order valence-electron chi connectivity index (χ3n) is 4.80. The van der Waals surface area contributed by atoms with Crippen molar-refractivity contribution in [3.8, 4) is 5.75 Å². The van der Waals surface area contributed by atoms with Gasteiger partial charge in [0.15, 0.2) is 0 Å². The summed E-state index contributed by atoms with van der Waals surface area (Å²) in [6.45, 7) is 1.85. The van der Waals surface area contributed by atoms with Crippen LogP contribution in [0.5, 0.6) is 5.75 Å². The molecule has 132 valence electrons. The third-order valence-corrected chi connectivity index (χ3v) is 4.80. The van der Waals surface area contributed by atoms with E-state index >= 15 is 0 Å². The van der Waals surface area contributed by atoms with Crippen molar-refractivity contribution in [2.75, 3.05) is 14.2 Å². The summed E-state index contributed by atoms with van der Waals surface area (Å²) in [5.74, 6) is -0.381. The molecule has 1 aliphatic carbocycles. The minimum Gasteiger partial charge on any atom is -0.497 e. The Morgan fingerprint density at radius 2 is 1.88 bits per heavy atom. The molecule has 0 spiro atoms. The van der Waals surface area contributed by atoms with E-state index in [9.17, 15) is 14.7 Å². The molecular weight excluding hydrogens is 310 g/mol. The Labute approximate surface area is 142 Å². The van der Waals surface area contributed by atoms with Crippen LogP contribution in [-0.2, 0) is 14.3 Å². The monoisotopic (exact) mass is 335 g/mol. The van der Waals surface area contributed by atoms with Gasteiger partial charge in [0.25, 0.3) is 0 Å². The van der Waals surface area contributed by atoms with Gasteiger partial charge in [0.05, 0.1) is 18.6 Å². The highest BCUT2D eigenvalue weighted by molar-refractivity contribution is 5.85. The Bertz CT molecular complexity index is 580. The zero-order valence-electron chi connectivity index (χ0n) is 14.4. The minimum absolute atomic E-state index is 0.0196. The molecule has 2 atom stereocenters. The van der Waals surface area contributed by atoms with Crippen LogP contribution in [0.2, 0.25) is 0 Å². The Morgan fingerprint density at radius 1 is 1.25 bits per heavy atom. The summed E-state index contributed by atoms with van der Waals surface area (Å²) in [6, 6.07) is 7.18. The van der Waals surface area contributed by atoms with E-state index in [1.165, 1.54) is 0 Å². The normalized spacial score (nSPS) is 18.1. The van der Waals surface area contributed by atoms with Crippen LogP contribution in [0.3, 0.4) is 0 Å². The number of carbonyl (C=O) groups is 2. The quantitative estimate of drug-likeness (QED) is 0.762. The molecule has 2 rings (SSSR count). The molecule has 1 amide bonds. The number of carboxylic acids is 1. The first-order chi connectivity index (χ1) is 11.4. The van der Waals surface area contributed by atoms with Gasteiger partial charge in [-0.15, -0.1) is 0 Å². The summed E-state index contributed by atoms with van der Waals surface area (Å²) in [6.07, 6.45) is 1.70. The lowest BCUT2D eigenvalue weighted by Gasteiger charge is -2.37. The van der Waals surface area contributed by atoms with Crippen molar-refractivity contribution in [3.05, 3.63) is 29.8 Å². The van der Waals surface area contributed by atoms with E-state index < -0.39 is 11.4 Å². The number of aliphatic carboxylic acids is 1. The SMILES string of the molecule is COc1ccc(C(OC)C(C)NC(=O)CC2(C(=O)O)CCC2)cc1. The molecule has 6 heteroatoms. The van der Waals surface area contributed by atoms with Gasteiger partial charge >= 0.3 is 5.97 Å². The Balaban J connectivity index is 1.99. The maximum absolute atomic E-state index is 12.3. The number of methoxy groups -OCH3 is 2. The lowest BCUT2D eigenvalue weighted by molar-refractivity contribution is -0.157. The molecule has 2 unspecified atom stereocenters. The summed E-state index contributed by atoms with van der Waals surface area (Å²) < 4.78 is 10.7. The van der Waals surface area contributed by atoms with Crippen molar-refractivity contribution in [1.82, 2.24) is 5.32 Å². The van der Waals surface area contributed by atoms with E-state index in [1.54, 1.807) is 14.2 Å². The Kier molecular flexibility index (Phi) is 5.83. The van der Waals surface area contributed by atoms with Gasteiger partial charge in [-0.3, -0.25) is 9.59 Å². The van der Waals surface area contributed by atoms with E-state index in [0.29, 0.717) is 12.8 Å². The van der Waals surface area contributed by atoms with Crippen molar-refractivity contribution in [2.24, 2.45) is 5.41 Å². The van der Waals surface area contributed by atoms with E-state index in [-0.39, 0.29) is 24.5 Å². The molecule has 0 heterocycles.